The molecule has 2 aromatic carbocycles. The molecule has 0 spiro atoms. The first-order valence-corrected chi connectivity index (χ1v) is 10.1. The molecule has 1 fully saturated rings. The Morgan fingerprint density at radius 3 is 2.34 bits per heavy atom. The molecule has 1 saturated heterocycles. The molecule has 1 atom stereocenters. The molecule has 0 bridgehead atoms. The van der Waals surface area contributed by atoms with Crippen molar-refractivity contribution in [3.05, 3.63) is 59.7 Å². The van der Waals surface area contributed by atoms with Crippen LogP contribution in [0.1, 0.15) is 17.2 Å². The molecule has 0 aromatic heterocycles. The minimum Gasteiger partial charge on any atom is -0.493 e. The van der Waals surface area contributed by atoms with Gasteiger partial charge in [0.15, 0.2) is 18.1 Å². The molecule has 29 heavy (non-hydrogen) atoms. The van der Waals surface area contributed by atoms with Gasteiger partial charge in [-0.2, -0.15) is 0 Å². The van der Waals surface area contributed by atoms with Crippen molar-refractivity contribution in [2.24, 2.45) is 0 Å². The number of likely N-dealkylation sites (N-methyl/N-ethyl adjacent to an activating group) is 1. The summed E-state index contributed by atoms with van der Waals surface area (Å²) >= 11 is 0. The van der Waals surface area contributed by atoms with Crippen LogP contribution >= 0.6 is 0 Å². The van der Waals surface area contributed by atoms with Crippen LogP contribution in [0.2, 0.25) is 0 Å². The van der Waals surface area contributed by atoms with E-state index in [1.807, 2.05) is 18.2 Å². The van der Waals surface area contributed by atoms with Gasteiger partial charge in [0.05, 0.1) is 13.2 Å². The molecule has 1 amide bonds. The van der Waals surface area contributed by atoms with Crippen molar-refractivity contribution in [2.45, 2.75) is 13.0 Å². The lowest BCUT2D eigenvalue weighted by Crippen LogP contribution is -2.48. The average molecular weight is 398 g/mol. The monoisotopic (exact) mass is 397 g/mol. The molecule has 6 heteroatoms. The zero-order chi connectivity index (χ0) is 20.6. The van der Waals surface area contributed by atoms with Crippen molar-refractivity contribution >= 4 is 5.91 Å². The molecule has 1 aliphatic rings. The highest BCUT2D eigenvalue weighted by molar-refractivity contribution is 5.77. The van der Waals surface area contributed by atoms with Gasteiger partial charge in [-0.25, -0.2) is 0 Å². The number of methoxy groups -OCH3 is 1. The topological polar surface area (TPSA) is 54.0 Å². The Bertz CT molecular complexity index is 786. The molecule has 156 valence electrons. The third-order valence-corrected chi connectivity index (χ3v) is 5.36. The second-order valence-electron chi connectivity index (χ2n) is 7.51. The van der Waals surface area contributed by atoms with Gasteiger partial charge in [0.25, 0.3) is 5.91 Å². The summed E-state index contributed by atoms with van der Waals surface area (Å²) in [5.41, 5.74) is 2.46. The lowest BCUT2D eigenvalue weighted by atomic mass is 10.0. The van der Waals surface area contributed by atoms with Crippen LogP contribution in [-0.4, -0.2) is 69.2 Å². The Kier molecular flexibility index (Phi) is 7.49. The summed E-state index contributed by atoms with van der Waals surface area (Å²) in [5.74, 6) is 1.05. The molecule has 0 aliphatic carbocycles. The normalized spacial score (nSPS) is 16.2. The number of benzene rings is 2. The summed E-state index contributed by atoms with van der Waals surface area (Å²) in [6.45, 7) is 6.65. The maximum Gasteiger partial charge on any atom is 0.258 e. The Labute approximate surface area is 173 Å². The summed E-state index contributed by atoms with van der Waals surface area (Å²) in [4.78, 5) is 17.2. The third-order valence-electron chi connectivity index (χ3n) is 5.36. The number of hydrogen-bond acceptors (Lipinski definition) is 5. The molecule has 0 radical (unpaired) electrons. The summed E-state index contributed by atoms with van der Waals surface area (Å²) < 4.78 is 10.9. The maximum atomic E-state index is 12.4. The van der Waals surface area contributed by atoms with Crippen LogP contribution in [0.25, 0.3) is 0 Å². The fourth-order valence-corrected chi connectivity index (χ4v) is 3.52. The Morgan fingerprint density at radius 2 is 1.69 bits per heavy atom. The summed E-state index contributed by atoms with van der Waals surface area (Å²) in [6.07, 6.45) is 0. The highest BCUT2D eigenvalue weighted by atomic mass is 16.5. The van der Waals surface area contributed by atoms with Gasteiger partial charge in [-0.15, -0.1) is 0 Å². The SMILES string of the molecule is COc1ccccc1OCC(=O)NCC(c1ccc(C)cc1)N1CCN(C)CC1. The Balaban J connectivity index is 1.60. The van der Waals surface area contributed by atoms with E-state index in [1.165, 1.54) is 11.1 Å². The highest BCUT2D eigenvalue weighted by Gasteiger charge is 2.24. The predicted molar refractivity (Wildman–Crippen MR) is 114 cm³/mol. The van der Waals surface area contributed by atoms with Crippen LogP contribution in [0.3, 0.4) is 0 Å². The van der Waals surface area contributed by atoms with Gasteiger partial charge < -0.3 is 19.7 Å². The summed E-state index contributed by atoms with van der Waals surface area (Å²) in [5, 5.41) is 3.05. The van der Waals surface area contributed by atoms with Crippen LogP contribution in [0, 0.1) is 6.92 Å². The van der Waals surface area contributed by atoms with Gasteiger partial charge in [-0.3, -0.25) is 9.69 Å². The van der Waals surface area contributed by atoms with Crippen LogP contribution in [0.5, 0.6) is 11.5 Å². The highest BCUT2D eigenvalue weighted by Crippen LogP contribution is 2.25. The molecular formula is C23H31N3O3. The largest absolute Gasteiger partial charge is 0.493 e. The van der Waals surface area contributed by atoms with Crippen molar-refractivity contribution in [1.29, 1.82) is 0 Å². The quantitative estimate of drug-likeness (QED) is 0.742. The number of carbonyl (C=O) groups is 1. The molecule has 1 N–H and O–H groups in total. The smallest absolute Gasteiger partial charge is 0.258 e. The zero-order valence-corrected chi connectivity index (χ0v) is 17.6. The van der Waals surface area contributed by atoms with Crippen LogP contribution in [-0.2, 0) is 4.79 Å². The van der Waals surface area contributed by atoms with E-state index in [1.54, 1.807) is 13.2 Å². The van der Waals surface area contributed by atoms with Crippen molar-refractivity contribution in [3.63, 3.8) is 0 Å². The minimum atomic E-state index is -0.137. The predicted octanol–water partition coefficient (Wildman–Crippen LogP) is 2.49. The number of para-hydroxylation sites is 2. The van der Waals surface area contributed by atoms with E-state index >= 15 is 0 Å². The molecular weight excluding hydrogens is 366 g/mol. The van der Waals surface area contributed by atoms with Crippen molar-refractivity contribution in [2.75, 3.05) is 53.5 Å². The van der Waals surface area contributed by atoms with Gasteiger partial charge in [0, 0.05) is 32.7 Å². The van der Waals surface area contributed by atoms with Crippen molar-refractivity contribution in [3.8, 4) is 11.5 Å². The molecule has 1 aliphatic heterocycles. The van der Waals surface area contributed by atoms with E-state index < -0.39 is 0 Å². The number of carbonyl (C=O) groups excluding carboxylic acids is 1. The van der Waals surface area contributed by atoms with E-state index in [2.05, 4.69) is 53.4 Å². The second-order valence-corrected chi connectivity index (χ2v) is 7.51. The summed E-state index contributed by atoms with van der Waals surface area (Å²) in [6, 6.07) is 16.1. The number of amides is 1. The Hall–Kier alpha value is -2.57. The standard InChI is InChI=1S/C23H31N3O3/c1-18-8-10-19(11-9-18)20(26-14-12-25(2)13-15-26)16-24-23(27)17-29-22-7-5-4-6-21(22)28-3/h4-11,20H,12-17H2,1-3H3,(H,24,27). The van der Waals surface area contributed by atoms with E-state index in [9.17, 15) is 4.79 Å². The van der Waals surface area contributed by atoms with Gasteiger partial charge >= 0.3 is 0 Å². The second kappa shape index (κ2) is 10.3. The molecule has 1 unspecified atom stereocenters. The number of aryl methyl sites for hydroxylation is 1. The number of nitrogens with zero attached hydrogens (tertiary/aromatic N) is 2. The third kappa shape index (κ3) is 5.95. The van der Waals surface area contributed by atoms with Crippen LogP contribution < -0.4 is 14.8 Å². The number of hydrogen-bond donors (Lipinski definition) is 1. The number of nitrogens with one attached hydrogen (secondary N) is 1. The van der Waals surface area contributed by atoms with E-state index in [-0.39, 0.29) is 18.6 Å². The lowest BCUT2D eigenvalue weighted by Gasteiger charge is -2.38. The molecule has 1 heterocycles. The molecule has 0 saturated carbocycles. The fraction of sp³-hybridized carbons (Fsp3) is 0.435. The number of ether oxygens (including phenoxy) is 2. The number of rotatable bonds is 8. The minimum absolute atomic E-state index is 0.0380. The molecule has 2 aromatic rings. The average Bonchev–Trinajstić information content (AvgIpc) is 2.75. The Morgan fingerprint density at radius 1 is 1.03 bits per heavy atom. The first-order valence-electron chi connectivity index (χ1n) is 10.1. The van der Waals surface area contributed by atoms with Gasteiger partial charge in [-0.1, -0.05) is 42.0 Å². The number of piperazine rings is 1. The zero-order valence-electron chi connectivity index (χ0n) is 17.6. The van der Waals surface area contributed by atoms with Gasteiger partial charge in [0.1, 0.15) is 0 Å². The first-order chi connectivity index (χ1) is 14.1. The van der Waals surface area contributed by atoms with Crippen LogP contribution in [0.15, 0.2) is 48.5 Å². The maximum absolute atomic E-state index is 12.4. The van der Waals surface area contributed by atoms with E-state index in [4.69, 9.17) is 9.47 Å². The first kappa shape index (κ1) is 21.1. The lowest BCUT2D eigenvalue weighted by molar-refractivity contribution is -0.123. The van der Waals surface area contributed by atoms with Gasteiger partial charge in [-0.05, 0) is 31.7 Å². The molecule has 3 rings (SSSR count). The fourth-order valence-electron chi connectivity index (χ4n) is 3.52. The van der Waals surface area contributed by atoms with Crippen LogP contribution in [0.4, 0.5) is 0 Å². The van der Waals surface area contributed by atoms with Crippen molar-refractivity contribution < 1.29 is 14.3 Å². The van der Waals surface area contributed by atoms with Gasteiger partial charge in [0.2, 0.25) is 0 Å². The van der Waals surface area contributed by atoms with E-state index in [0.29, 0.717) is 18.0 Å². The van der Waals surface area contributed by atoms with Crippen molar-refractivity contribution in [1.82, 2.24) is 15.1 Å². The molecule has 6 nitrogen and oxygen atoms in total. The summed E-state index contributed by atoms with van der Waals surface area (Å²) in [7, 11) is 3.74. The van der Waals surface area contributed by atoms with E-state index in [0.717, 1.165) is 26.2 Å².